The van der Waals surface area contributed by atoms with Crippen molar-refractivity contribution >= 4 is 0 Å². The van der Waals surface area contributed by atoms with Gasteiger partial charge in [-0.2, -0.15) is 10.2 Å². The largest absolute Gasteiger partial charge is 0.497 e. The molecule has 0 bridgehead atoms. The normalized spacial score (nSPS) is 11.1. The van der Waals surface area contributed by atoms with E-state index in [4.69, 9.17) is 14.9 Å². The molecule has 0 saturated carbocycles. The smallest absolute Gasteiger partial charge is 0.118 e. The topological polar surface area (TPSA) is 44.9 Å². The first-order chi connectivity index (χ1) is 17.6. The molecule has 2 heterocycles. The molecule has 0 amide bonds. The van der Waals surface area contributed by atoms with Crippen LogP contribution in [-0.4, -0.2) is 26.7 Å². The monoisotopic (exact) mass is 476 g/mol. The first-order valence-electron chi connectivity index (χ1n) is 12.6. The molecule has 0 aliphatic carbocycles. The van der Waals surface area contributed by atoms with Gasteiger partial charge in [-0.3, -0.25) is 9.36 Å². The van der Waals surface area contributed by atoms with E-state index in [0.29, 0.717) is 0 Å². The highest BCUT2D eigenvalue weighted by atomic mass is 16.5. The van der Waals surface area contributed by atoms with E-state index in [1.165, 1.54) is 5.56 Å². The fourth-order valence-corrected chi connectivity index (χ4v) is 4.57. The van der Waals surface area contributed by atoms with E-state index in [1.807, 2.05) is 12.1 Å². The van der Waals surface area contributed by atoms with Crippen LogP contribution < -0.4 is 4.74 Å². The van der Waals surface area contributed by atoms with Crippen molar-refractivity contribution in [3.63, 3.8) is 0 Å². The van der Waals surface area contributed by atoms with Crippen molar-refractivity contribution in [2.24, 2.45) is 0 Å². The third-order valence-corrected chi connectivity index (χ3v) is 6.66. The molecular formula is C31H32N4O. The van der Waals surface area contributed by atoms with Crippen LogP contribution in [0.2, 0.25) is 0 Å². The molecule has 0 spiro atoms. The predicted octanol–water partition coefficient (Wildman–Crippen LogP) is 7.36. The number of aromatic nitrogens is 4. The highest BCUT2D eigenvalue weighted by Crippen LogP contribution is 2.32. The molecule has 0 saturated heterocycles. The zero-order valence-corrected chi connectivity index (χ0v) is 21.4. The van der Waals surface area contributed by atoms with Gasteiger partial charge in [0.15, 0.2) is 0 Å². The quantitative estimate of drug-likeness (QED) is 0.235. The fraction of sp³-hybridized carbons (Fsp3) is 0.226. The molecule has 0 aliphatic rings. The Balaban J connectivity index is 1.52. The molecule has 36 heavy (non-hydrogen) atoms. The van der Waals surface area contributed by atoms with Crippen molar-refractivity contribution < 1.29 is 4.74 Å². The van der Waals surface area contributed by atoms with Gasteiger partial charge in [0.1, 0.15) is 5.75 Å². The van der Waals surface area contributed by atoms with Crippen LogP contribution in [0.5, 0.6) is 5.75 Å². The van der Waals surface area contributed by atoms with Crippen LogP contribution in [0.4, 0.5) is 0 Å². The molecule has 182 valence electrons. The number of ether oxygens (including phenoxy) is 1. The van der Waals surface area contributed by atoms with Crippen molar-refractivity contribution in [1.82, 2.24) is 19.6 Å². The van der Waals surface area contributed by atoms with Crippen molar-refractivity contribution in [3.8, 4) is 50.8 Å². The maximum Gasteiger partial charge on any atom is 0.118 e. The van der Waals surface area contributed by atoms with E-state index in [2.05, 4.69) is 103 Å². The van der Waals surface area contributed by atoms with Gasteiger partial charge in [0.2, 0.25) is 0 Å². The zero-order chi connectivity index (χ0) is 25.1. The van der Waals surface area contributed by atoms with E-state index in [9.17, 15) is 0 Å². The standard InChI is InChI=1S/C31H32N4O/c1-5-22-11-13-23(14-12-22)28-20-30(34(6-2)32-28)25-9-8-10-26(19-25)31-21-29(33-35(31)7-3)24-15-17-27(36-4)18-16-24/h8-21H,5-7H2,1-4H3. The van der Waals surface area contributed by atoms with Gasteiger partial charge < -0.3 is 4.74 Å². The number of hydrogen-bond acceptors (Lipinski definition) is 3. The van der Waals surface area contributed by atoms with Crippen LogP contribution in [0.3, 0.4) is 0 Å². The Morgan fingerprint density at radius 2 is 1.11 bits per heavy atom. The second-order valence-corrected chi connectivity index (χ2v) is 8.82. The van der Waals surface area contributed by atoms with E-state index in [1.54, 1.807) is 7.11 Å². The molecule has 5 heteroatoms. The van der Waals surface area contributed by atoms with Crippen LogP contribution in [0.15, 0.2) is 84.9 Å². The average Bonchev–Trinajstić information content (AvgIpc) is 3.58. The third-order valence-electron chi connectivity index (χ3n) is 6.66. The summed E-state index contributed by atoms with van der Waals surface area (Å²) in [5.74, 6) is 0.842. The van der Waals surface area contributed by atoms with Gasteiger partial charge in [0.25, 0.3) is 0 Å². The van der Waals surface area contributed by atoms with E-state index < -0.39 is 0 Å². The molecule has 3 aromatic carbocycles. The van der Waals surface area contributed by atoms with Crippen LogP contribution >= 0.6 is 0 Å². The predicted molar refractivity (Wildman–Crippen MR) is 147 cm³/mol. The first-order valence-corrected chi connectivity index (χ1v) is 12.6. The molecular weight excluding hydrogens is 444 g/mol. The van der Waals surface area contributed by atoms with E-state index in [-0.39, 0.29) is 0 Å². The molecule has 0 atom stereocenters. The van der Waals surface area contributed by atoms with Gasteiger partial charge in [-0.05, 0) is 68.3 Å². The number of hydrogen-bond donors (Lipinski definition) is 0. The average molecular weight is 477 g/mol. The highest BCUT2D eigenvalue weighted by Gasteiger charge is 2.15. The maximum absolute atomic E-state index is 5.31. The Morgan fingerprint density at radius 3 is 1.56 bits per heavy atom. The van der Waals surface area contributed by atoms with E-state index in [0.717, 1.165) is 70.3 Å². The van der Waals surface area contributed by atoms with Gasteiger partial charge in [-0.1, -0.05) is 49.4 Å². The minimum atomic E-state index is 0.792. The van der Waals surface area contributed by atoms with Gasteiger partial charge >= 0.3 is 0 Å². The molecule has 0 unspecified atom stereocenters. The summed E-state index contributed by atoms with van der Waals surface area (Å²) >= 11 is 0. The Bertz CT molecular complexity index is 1350. The van der Waals surface area contributed by atoms with E-state index >= 15 is 0 Å². The minimum Gasteiger partial charge on any atom is -0.497 e. The number of rotatable bonds is 8. The lowest BCUT2D eigenvalue weighted by atomic mass is 10.0. The molecule has 2 aromatic heterocycles. The molecule has 0 N–H and O–H groups in total. The van der Waals surface area contributed by atoms with Gasteiger partial charge in [-0.15, -0.1) is 0 Å². The van der Waals surface area contributed by atoms with Crippen LogP contribution in [0, 0.1) is 0 Å². The van der Waals surface area contributed by atoms with Crippen LogP contribution in [0.1, 0.15) is 26.3 Å². The first kappa shape index (κ1) is 23.6. The summed E-state index contributed by atoms with van der Waals surface area (Å²) in [5.41, 5.74) is 10.0. The number of aryl methyl sites for hydroxylation is 3. The molecule has 0 radical (unpaired) electrons. The van der Waals surface area contributed by atoms with Gasteiger partial charge in [0.05, 0.1) is 29.9 Å². The molecule has 5 nitrogen and oxygen atoms in total. The zero-order valence-electron chi connectivity index (χ0n) is 21.4. The third kappa shape index (κ3) is 4.57. The lowest BCUT2D eigenvalue weighted by Gasteiger charge is -2.08. The summed E-state index contributed by atoms with van der Waals surface area (Å²) in [5, 5.41) is 9.80. The molecule has 5 rings (SSSR count). The fourth-order valence-electron chi connectivity index (χ4n) is 4.57. The second-order valence-electron chi connectivity index (χ2n) is 8.82. The second kappa shape index (κ2) is 10.2. The van der Waals surface area contributed by atoms with Crippen molar-refractivity contribution in [2.75, 3.05) is 7.11 Å². The van der Waals surface area contributed by atoms with Crippen LogP contribution in [0.25, 0.3) is 45.0 Å². The number of methoxy groups -OCH3 is 1. The van der Waals surface area contributed by atoms with Gasteiger partial charge in [0, 0.05) is 35.3 Å². The summed E-state index contributed by atoms with van der Waals surface area (Å²) in [6, 6.07) is 29.8. The van der Waals surface area contributed by atoms with Crippen molar-refractivity contribution in [3.05, 3.63) is 90.5 Å². The summed E-state index contributed by atoms with van der Waals surface area (Å²) in [7, 11) is 1.68. The Hall–Kier alpha value is -4.12. The van der Waals surface area contributed by atoms with Crippen molar-refractivity contribution in [1.29, 1.82) is 0 Å². The lowest BCUT2D eigenvalue weighted by Crippen LogP contribution is -2.01. The summed E-state index contributed by atoms with van der Waals surface area (Å²) in [4.78, 5) is 0. The maximum atomic E-state index is 5.31. The summed E-state index contributed by atoms with van der Waals surface area (Å²) in [6.07, 6.45) is 1.04. The molecule has 0 fully saturated rings. The Labute approximate surface area is 213 Å². The van der Waals surface area contributed by atoms with Gasteiger partial charge in [-0.25, -0.2) is 0 Å². The summed E-state index contributed by atoms with van der Waals surface area (Å²) in [6.45, 7) is 8.04. The number of benzene rings is 3. The van der Waals surface area contributed by atoms with Crippen LogP contribution in [-0.2, 0) is 19.5 Å². The summed E-state index contributed by atoms with van der Waals surface area (Å²) < 4.78 is 9.46. The highest BCUT2D eigenvalue weighted by molar-refractivity contribution is 5.75. The Kier molecular flexibility index (Phi) is 6.72. The minimum absolute atomic E-state index is 0.792. The molecule has 0 aliphatic heterocycles. The number of nitrogens with zero attached hydrogens (tertiary/aromatic N) is 4. The SMILES string of the molecule is CCc1ccc(-c2cc(-c3cccc(-c4cc(-c5ccc(OC)cc5)nn4CC)c3)n(CC)n2)cc1. The molecule has 5 aromatic rings. The lowest BCUT2D eigenvalue weighted by molar-refractivity contribution is 0.415. The Morgan fingerprint density at radius 1 is 0.611 bits per heavy atom. The van der Waals surface area contributed by atoms with Crippen molar-refractivity contribution in [2.45, 2.75) is 40.3 Å².